The molecule has 0 saturated carbocycles. The Morgan fingerprint density at radius 3 is 1.51 bits per heavy atom. The fourth-order valence-electron chi connectivity index (χ4n) is 9.21. The number of nitrogens with one attached hydrogen (secondary N) is 1. The standard InChI is InChI=1S/C31H20N2S.C17H12BrN.C14H9NS/c1-3-9-21(10-4-1)24-17-27(22-11-5-2-6-12-22)32-31(19-24)33-28-14-8-7-13-25(28)26-20-30-23(15-16-34-30)18-29(26)33;18-17-12-15(13-7-3-1-4-8-13)11-16(19-17)14-9-5-2-6-10-14;1-2-4-12-10(3-1)11-8-14-9(5-6-16-14)7-13(11)15-12/h1-20H;1-12H;1-8,15H. The summed E-state index contributed by atoms with van der Waals surface area (Å²) in [6.45, 7) is 0. The predicted octanol–water partition coefficient (Wildman–Crippen LogP) is 18.4. The van der Waals surface area contributed by atoms with Crippen LogP contribution in [0.4, 0.5) is 0 Å². The molecule has 0 unspecified atom stereocenters. The van der Waals surface area contributed by atoms with E-state index in [4.69, 9.17) is 4.98 Å². The number of halogens is 1. The number of thiophene rings is 2. The highest BCUT2D eigenvalue weighted by atomic mass is 79.9. The Morgan fingerprint density at radius 1 is 0.362 bits per heavy atom. The van der Waals surface area contributed by atoms with Crippen LogP contribution >= 0.6 is 38.6 Å². The molecule has 0 aliphatic carbocycles. The van der Waals surface area contributed by atoms with Crippen molar-refractivity contribution in [2.45, 2.75) is 0 Å². The van der Waals surface area contributed by atoms with Crippen LogP contribution in [0.3, 0.4) is 0 Å². The van der Waals surface area contributed by atoms with Crippen molar-refractivity contribution >= 4 is 102 Å². The number of hydrogen-bond donors (Lipinski definition) is 1. The summed E-state index contributed by atoms with van der Waals surface area (Å²) in [5.74, 6) is 0.931. The fourth-order valence-corrected chi connectivity index (χ4v) is 11.3. The van der Waals surface area contributed by atoms with Crippen LogP contribution < -0.4 is 0 Å². The van der Waals surface area contributed by atoms with E-state index >= 15 is 0 Å². The van der Waals surface area contributed by atoms with Crippen molar-refractivity contribution < 1.29 is 0 Å². The number of fused-ring (bicyclic) bond motifs is 8. The second kappa shape index (κ2) is 18.6. The van der Waals surface area contributed by atoms with E-state index in [1.54, 1.807) is 22.7 Å². The maximum atomic E-state index is 5.21. The van der Waals surface area contributed by atoms with Crippen molar-refractivity contribution in [2.75, 3.05) is 0 Å². The predicted molar refractivity (Wildman–Crippen MR) is 299 cm³/mol. The van der Waals surface area contributed by atoms with Crippen LogP contribution in [-0.2, 0) is 0 Å². The molecular formula is C62H41BrN4S2. The van der Waals surface area contributed by atoms with Crippen LogP contribution in [0.1, 0.15) is 0 Å². The molecule has 4 nitrogen and oxygen atoms in total. The van der Waals surface area contributed by atoms with E-state index in [0.717, 1.165) is 38.5 Å². The number of para-hydroxylation sites is 2. The Kier molecular flexibility index (Phi) is 11.4. The highest BCUT2D eigenvalue weighted by Crippen LogP contribution is 2.38. The van der Waals surface area contributed by atoms with Gasteiger partial charge in [-0.15, -0.1) is 22.7 Å². The molecule has 6 heterocycles. The number of aromatic amines is 1. The molecule has 0 amide bonds. The summed E-state index contributed by atoms with van der Waals surface area (Å²) >= 11 is 7.09. The third kappa shape index (κ3) is 8.53. The summed E-state index contributed by atoms with van der Waals surface area (Å²) in [5, 5.41) is 12.1. The number of rotatable bonds is 5. The smallest absolute Gasteiger partial charge is 0.138 e. The molecule has 0 aliphatic rings. The lowest BCUT2D eigenvalue weighted by atomic mass is 10.0. The van der Waals surface area contributed by atoms with Crippen LogP contribution in [0.25, 0.3) is 114 Å². The maximum Gasteiger partial charge on any atom is 0.138 e. The lowest BCUT2D eigenvalue weighted by Gasteiger charge is -2.13. The molecule has 0 aliphatic heterocycles. The summed E-state index contributed by atoms with van der Waals surface area (Å²) < 4.78 is 5.84. The first-order valence-electron chi connectivity index (χ1n) is 22.8. The van der Waals surface area contributed by atoms with Crippen molar-refractivity contribution in [1.29, 1.82) is 0 Å². The zero-order valence-electron chi connectivity index (χ0n) is 37.1. The van der Waals surface area contributed by atoms with Crippen LogP contribution in [0.2, 0.25) is 0 Å². The topological polar surface area (TPSA) is 46.5 Å². The second-order valence-electron chi connectivity index (χ2n) is 16.8. The number of hydrogen-bond acceptors (Lipinski definition) is 4. The first kappa shape index (κ1) is 42.4. The van der Waals surface area contributed by atoms with Crippen molar-refractivity contribution in [3.8, 4) is 50.6 Å². The number of pyridine rings is 2. The molecule has 1 N–H and O–H groups in total. The minimum atomic E-state index is 0.854. The quantitative estimate of drug-likeness (QED) is 0.175. The van der Waals surface area contributed by atoms with Gasteiger partial charge in [-0.3, -0.25) is 4.57 Å². The van der Waals surface area contributed by atoms with Crippen LogP contribution in [0.15, 0.2) is 246 Å². The van der Waals surface area contributed by atoms with E-state index in [1.807, 2.05) is 48.5 Å². The summed E-state index contributed by atoms with van der Waals surface area (Å²) in [6.07, 6.45) is 0. The van der Waals surface area contributed by atoms with E-state index in [9.17, 15) is 0 Å². The van der Waals surface area contributed by atoms with Crippen LogP contribution in [-0.4, -0.2) is 19.5 Å². The third-order valence-electron chi connectivity index (χ3n) is 12.5. The van der Waals surface area contributed by atoms with Crippen molar-refractivity contribution in [1.82, 2.24) is 19.5 Å². The minimum absolute atomic E-state index is 0.854. The third-order valence-corrected chi connectivity index (χ3v) is 14.7. The monoisotopic (exact) mass is 984 g/mol. The number of H-pyrrole nitrogens is 1. The fraction of sp³-hybridized carbons (Fsp3) is 0. The van der Waals surface area contributed by atoms with Gasteiger partial charge < -0.3 is 4.98 Å². The zero-order valence-corrected chi connectivity index (χ0v) is 40.3. The maximum absolute atomic E-state index is 5.21. The molecule has 0 fully saturated rings. The molecule has 0 spiro atoms. The molecule has 8 aromatic carbocycles. The van der Waals surface area contributed by atoms with Gasteiger partial charge in [0.2, 0.25) is 0 Å². The summed E-state index contributed by atoms with van der Waals surface area (Å²) in [6, 6.07) is 80.7. The van der Waals surface area contributed by atoms with E-state index in [-0.39, 0.29) is 0 Å². The molecule has 0 bridgehead atoms. The molecule has 0 radical (unpaired) electrons. The van der Waals surface area contributed by atoms with Gasteiger partial charge in [-0.25, -0.2) is 9.97 Å². The molecule has 14 aromatic rings. The lowest BCUT2D eigenvalue weighted by molar-refractivity contribution is 1.09. The molecule has 6 aromatic heterocycles. The Morgan fingerprint density at radius 2 is 0.870 bits per heavy atom. The normalized spacial score (nSPS) is 11.3. The highest BCUT2D eigenvalue weighted by Gasteiger charge is 2.17. The SMILES string of the molecule is Brc1cc(-c2ccccc2)cc(-c2ccccc2)n1.c1ccc(-c2cc(-c3ccccc3)nc(-n3c4ccccc4c4cc5sccc5cc43)c2)cc1.c1ccc2c(c1)[nH]c1cc3ccsc3cc12. The van der Waals surface area contributed by atoms with Gasteiger partial charge in [0.25, 0.3) is 0 Å². The Labute approximate surface area is 415 Å². The van der Waals surface area contributed by atoms with Gasteiger partial charge in [-0.05, 0) is 133 Å². The van der Waals surface area contributed by atoms with Crippen LogP contribution in [0, 0.1) is 0 Å². The Balaban J connectivity index is 0.000000118. The average Bonchev–Trinajstić information content (AvgIpc) is 4.23. The minimum Gasteiger partial charge on any atom is -0.354 e. The van der Waals surface area contributed by atoms with E-state index in [0.29, 0.717) is 0 Å². The van der Waals surface area contributed by atoms with Crippen LogP contribution in [0.5, 0.6) is 0 Å². The van der Waals surface area contributed by atoms with Gasteiger partial charge in [0.1, 0.15) is 10.4 Å². The van der Waals surface area contributed by atoms with Gasteiger partial charge >= 0.3 is 0 Å². The second-order valence-corrected chi connectivity index (χ2v) is 19.5. The first-order chi connectivity index (χ1) is 34.1. The van der Waals surface area contributed by atoms with E-state index in [1.165, 1.54) is 80.5 Å². The first-order valence-corrected chi connectivity index (χ1v) is 25.3. The van der Waals surface area contributed by atoms with E-state index < -0.39 is 0 Å². The zero-order chi connectivity index (χ0) is 46.1. The Bertz CT molecular complexity index is 3970. The number of nitrogens with zero attached hydrogens (tertiary/aromatic N) is 3. The highest BCUT2D eigenvalue weighted by molar-refractivity contribution is 9.10. The van der Waals surface area contributed by atoms with Crippen molar-refractivity contribution in [3.05, 3.63) is 246 Å². The average molecular weight is 986 g/mol. The lowest BCUT2D eigenvalue weighted by Crippen LogP contribution is -2.00. The largest absolute Gasteiger partial charge is 0.354 e. The molecule has 7 heteroatoms. The molecule has 0 atom stereocenters. The molecule has 69 heavy (non-hydrogen) atoms. The summed E-state index contributed by atoms with van der Waals surface area (Å²) in [7, 11) is 0. The van der Waals surface area contributed by atoms with Gasteiger partial charge in [0, 0.05) is 53.1 Å². The van der Waals surface area contributed by atoms with Gasteiger partial charge in [-0.1, -0.05) is 158 Å². The molecular weight excluding hydrogens is 945 g/mol. The van der Waals surface area contributed by atoms with E-state index in [2.05, 4.69) is 223 Å². The molecule has 14 rings (SSSR count). The molecule has 0 saturated heterocycles. The summed E-state index contributed by atoms with van der Waals surface area (Å²) in [4.78, 5) is 13.2. The van der Waals surface area contributed by atoms with Gasteiger partial charge in [0.05, 0.1) is 22.4 Å². The summed E-state index contributed by atoms with van der Waals surface area (Å²) in [5.41, 5.74) is 13.7. The van der Waals surface area contributed by atoms with Crippen molar-refractivity contribution in [3.63, 3.8) is 0 Å². The van der Waals surface area contributed by atoms with Gasteiger partial charge in [-0.2, -0.15) is 0 Å². The number of benzene rings is 8. The Hall–Kier alpha value is -7.94. The number of aromatic nitrogens is 4. The van der Waals surface area contributed by atoms with Crippen molar-refractivity contribution in [2.24, 2.45) is 0 Å². The molecule has 328 valence electrons. The van der Waals surface area contributed by atoms with Gasteiger partial charge in [0.15, 0.2) is 0 Å².